The minimum absolute atomic E-state index is 0.0190. The summed E-state index contributed by atoms with van der Waals surface area (Å²) in [4.78, 5) is 25.3. The van der Waals surface area contributed by atoms with E-state index in [1.165, 1.54) is 17.7 Å². The monoisotopic (exact) mass is 421 g/mol. The molecule has 1 aromatic rings. The number of rotatable bonds is 2. The molecule has 4 heteroatoms. The minimum atomic E-state index is -0.298. The Morgan fingerprint density at radius 2 is 1.84 bits per heavy atom. The van der Waals surface area contributed by atoms with Crippen LogP contribution in [-0.2, 0) is 9.59 Å². The molecule has 6 atom stereocenters. The molecule has 3 unspecified atom stereocenters. The first-order valence-corrected chi connectivity index (χ1v) is 11.7. The van der Waals surface area contributed by atoms with Gasteiger partial charge in [0.2, 0.25) is 5.91 Å². The van der Waals surface area contributed by atoms with Gasteiger partial charge in [0, 0.05) is 18.0 Å². The van der Waals surface area contributed by atoms with Gasteiger partial charge in [0.25, 0.3) is 0 Å². The summed E-state index contributed by atoms with van der Waals surface area (Å²) < 4.78 is 13.2. The number of fused-ring (bicyclic) bond motifs is 5. The molecular formula is C27H32FNO2. The molecule has 0 aromatic heterocycles. The number of benzene rings is 1. The fourth-order valence-corrected chi connectivity index (χ4v) is 7.76. The summed E-state index contributed by atoms with van der Waals surface area (Å²) in [6, 6.07) is 6.02. The molecule has 3 saturated carbocycles. The van der Waals surface area contributed by atoms with Crippen LogP contribution >= 0.6 is 0 Å². The van der Waals surface area contributed by atoms with Gasteiger partial charge in [-0.3, -0.25) is 9.59 Å². The van der Waals surface area contributed by atoms with Crippen LogP contribution in [0.2, 0.25) is 0 Å². The Kier molecular flexibility index (Phi) is 4.76. The molecule has 1 aromatic carbocycles. The van der Waals surface area contributed by atoms with E-state index in [0.29, 0.717) is 29.9 Å². The molecule has 5 rings (SSSR count). The van der Waals surface area contributed by atoms with Crippen molar-refractivity contribution in [2.24, 2.45) is 34.5 Å². The van der Waals surface area contributed by atoms with E-state index >= 15 is 0 Å². The van der Waals surface area contributed by atoms with Gasteiger partial charge in [-0.1, -0.05) is 26.0 Å². The maximum atomic E-state index is 13.2. The highest BCUT2D eigenvalue weighted by Crippen LogP contribution is 2.67. The highest BCUT2D eigenvalue weighted by molar-refractivity contribution is 5.93. The Morgan fingerprint density at radius 3 is 2.58 bits per heavy atom. The lowest BCUT2D eigenvalue weighted by atomic mass is 9.46. The quantitative estimate of drug-likeness (QED) is 0.629. The lowest BCUT2D eigenvalue weighted by Gasteiger charge is -2.58. The molecule has 0 aliphatic heterocycles. The summed E-state index contributed by atoms with van der Waals surface area (Å²) in [7, 11) is 0. The van der Waals surface area contributed by atoms with Crippen molar-refractivity contribution < 1.29 is 14.0 Å². The lowest BCUT2D eigenvalue weighted by Crippen LogP contribution is -2.51. The fraction of sp³-hybridized carbons (Fsp3) is 0.556. The molecule has 0 bridgehead atoms. The van der Waals surface area contributed by atoms with Crippen molar-refractivity contribution in [3.05, 3.63) is 53.9 Å². The second-order valence-electron chi connectivity index (χ2n) is 10.8. The van der Waals surface area contributed by atoms with E-state index in [1.54, 1.807) is 12.1 Å². The van der Waals surface area contributed by atoms with Crippen LogP contribution in [0.1, 0.15) is 58.8 Å². The summed E-state index contributed by atoms with van der Waals surface area (Å²) in [6.45, 7) is 9.06. The zero-order valence-corrected chi connectivity index (χ0v) is 18.5. The third-order valence-electron chi connectivity index (χ3n) is 9.36. The number of nitrogens with one attached hydrogen (secondary N) is 1. The highest BCUT2D eigenvalue weighted by Gasteiger charge is 2.60. The largest absolute Gasteiger partial charge is 0.326 e. The average Bonchev–Trinajstić information content (AvgIpc) is 3.09. The predicted molar refractivity (Wildman–Crippen MR) is 120 cm³/mol. The van der Waals surface area contributed by atoms with Crippen LogP contribution in [-0.4, -0.2) is 11.7 Å². The molecule has 0 radical (unpaired) electrons. The summed E-state index contributed by atoms with van der Waals surface area (Å²) in [6.07, 6.45) is 8.52. The molecule has 4 aliphatic carbocycles. The minimum Gasteiger partial charge on any atom is -0.326 e. The van der Waals surface area contributed by atoms with E-state index in [4.69, 9.17) is 0 Å². The number of carbonyl (C=O) groups excluding carboxylic acids is 2. The maximum Gasteiger partial charge on any atom is 0.228 e. The smallest absolute Gasteiger partial charge is 0.228 e. The van der Waals surface area contributed by atoms with E-state index in [2.05, 4.69) is 25.7 Å². The van der Waals surface area contributed by atoms with Gasteiger partial charge in [-0.25, -0.2) is 4.39 Å². The third kappa shape index (κ3) is 3.13. The van der Waals surface area contributed by atoms with Crippen LogP contribution in [0, 0.1) is 40.3 Å². The number of amides is 1. The Morgan fingerprint density at radius 1 is 1.10 bits per heavy atom. The second kappa shape index (κ2) is 7.15. The molecule has 4 aliphatic rings. The Bertz CT molecular complexity index is 979. The average molecular weight is 422 g/mol. The number of hydrogen-bond donors (Lipinski definition) is 1. The number of hydrogen-bond acceptors (Lipinski definition) is 2. The zero-order chi connectivity index (χ0) is 22.0. The van der Waals surface area contributed by atoms with Gasteiger partial charge in [-0.15, -0.1) is 0 Å². The van der Waals surface area contributed by atoms with Crippen molar-refractivity contribution in [2.75, 3.05) is 5.32 Å². The molecule has 1 N–H and O–H groups in total. The third-order valence-corrected chi connectivity index (χ3v) is 9.36. The van der Waals surface area contributed by atoms with Crippen molar-refractivity contribution in [3.8, 4) is 0 Å². The number of ketones is 1. The summed E-state index contributed by atoms with van der Waals surface area (Å²) in [5.41, 5.74) is 3.03. The summed E-state index contributed by atoms with van der Waals surface area (Å²) in [5.74, 6) is 1.59. The van der Waals surface area contributed by atoms with E-state index in [0.717, 1.165) is 44.1 Å². The number of carbonyl (C=O) groups is 2. The molecule has 0 saturated heterocycles. The van der Waals surface area contributed by atoms with Gasteiger partial charge in [0.05, 0.1) is 0 Å². The molecule has 0 spiro atoms. The van der Waals surface area contributed by atoms with Gasteiger partial charge in [-0.2, -0.15) is 0 Å². The maximum absolute atomic E-state index is 13.2. The summed E-state index contributed by atoms with van der Waals surface area (Å²) >= 11 is 0. The molecule has 1 amide bonds. The standard InChI is InChI=1S/C27H32FNO2/c1-16-14-20-21-8-9-23(25(31)29-18-6-4-17(28)5-7-18)26(21,2)13-11-22(20)27(3)12-10-19(30)15-24(16)27/h4-7,15,20-23H,1,8-14H2,2-3H3,(H,29,31)/t20?,21?,22?,23-,26+,27-/m1/s1. The van der Waals surface area contributed by atoms with E-state index < -0.39 is 0 Å². The van der Waals surface area contributed by atoms with Crippen molar-refractivity contribution in [2.45, 2.75) is 58.8 Å². The van der Waals surface area contributed by atoms with Crippen LogP contribution in [0.15, 0.2) is 48.1 Å². The first-order chi connectivity index (χ1) is 14.7. The van der Waals surface area contributed by atoms with Crippen LogP contribution in [0.3, 0.4) is 0 Å². The van der Waals surface area contributed by atoms with Gasteiger partial charge in [0.15, 0.2) is 5.78 Å². The van der Waals surface area contributed by atoms with Crippen molar-refractivity contribution in [1.29, 1.82) is 0 Å². The van der Waals surface area contributed by atoms with Crippen LogP contribution in [0.25, 0.3) is 0 Å². The molecule has 0 heterocycles. The first kappa shape index (κ1) is 20.7. The normalized spacial score (nSPS) is 39.3. The fourth-order valence-electron chi connectivity index (χ4n) is 7.76. The number of halogens is 1. The summed E-state index contributed by atoms with van der Waals surface area (Å²) in [5, 5.41) is 3.04. The number of allylic oxidation sites excluding steroid dienone is 2. The van der Waals surface area contributed by atoms with E-state index in [1.807, 2.05) is 6.08 Å². The van der Waals surface area contributed by atoms with Crippen molar-refractivity contribution in [3.63, 3.8) is 0 Å². The molecule has 3 fully saturated rings. The topological polar surface area (TPSA) is 46.2 Å². The Hall–Kier alpha value is -2.23. The zero-order valence-electron chi connectivity index (χ0n) is 18.5. The Balaban J connectivity index is 1.39. The molecule has 164 valence electrons. The van der Waals surface area contributed by atoms with Gasteiger partial charge < -0.3 is 5.32 Å². The second-order valence-corrected chi connectivity index (χ2v) is 10.8. The SMILES string of the molecule is C=C1CC2C(CC[C@@]3(C)C2CC[C@@H]3C(=O)Nc2ccc(F)cc2)[C@@]2(C)CCC(=O)C=C12. The van der Waals surface area contributed by atoms with E-state index in [-0.39, 0.29) is 34.3 Å². The van der Waals surface area contributed by atoms with Crippen LogP contribution in [0.5, 0.6) is 0 Å². The van der Waals surface area contributed by atoms with Crippen molar-refractivity contribution >= 4 is 17.4 Å². The predicted octanol–water partition coefficient (Wildman–Crippen LogP) is 6.08. The lowest BCUT2D eigenvalue weighted by molar-refractivity contribution is -0.127. The van der Waals surface area contributed by atoms with Gasteiger partial charge in [0.1, 0.15) is 5.82 Å². The molecule has 3 nitrogen and oxygen atoms in total. The number of anilines is 1. The van der Waals surface area contributed by atoms with Gasteiger partial charge in [-0.05, 0) is 103 Å². The van der Waals surface area contributed by atoms with Crippen LogP contribution in [0.4, 0.5) is 10.1 Å². The molecule has 31 heavy (non-hydrogen) atoms. The van der Waals surface area contributed by atoms with E-state index in [9.17, 15) is 14.0 Å². The molecular weight excluding hydrogens is 389 g/mol. The van der Waals surface area contributed by atoms with Crippen molar-refractivity contribution in [1.82, 2.24) is 0 Å². The van der Waals surface area contributed by atoms with Gasteiger partial charge >= 0.3 is 0 Å². The van der Waals surface area contributed by atoms with Crippen LogP contribution < -0.4 is 5.32 Å². The Labute approximate surface area is 184 Å². The first-order valence-electron chi connectivity index (χ1n) is 11.7. The highest BCUT2D eigenvalue weighted by atomic mass is 19.1.